The van der Waals surface area contributed by atoms with Gasteiger partial charge in [-0.1, -0.05) is 41.9 Å². The van der Waals surface area contributed by atoms with E-state index in [1.54, 1.807) is 19.1 Å². The lowest BCUT2D eigenvalue weighted by atomic mass is 9.99. The number of hydrazone groups is 1. The molecule has 6 heteroatoms. The van der Waals surface area contributed by atoms with E-state index >= 15 is 0 Å². The van der Waals surface area contributed by atoms with Gasteiger partial charge in [0.15, 0.2) is 6.61 Å². The van der Waals surface area contributed by atoms with Gasteiger partial charge in [-0.05, 0) is 54.7 Å². The Bertz CT molecular complexity index is 788. The van der Waals surface area contributed by atoms with E-state index in [4.69, 9.17) is 4.74 Å². The highest BCUT2D eigenvalue weighted by Gasteiger charge is 2.06. The topological polar surface area (TPSA) is 70.9 Å². The minimum absolute atomic E-state index is 0.129. The second-order valence-corrected chi connectivity index (χ2v) is 7.04. The zero-order chi connectivity index (χ0) is 19.1. The van der Waals surface area contributed by atoms with Crippen LogP contribution in [0.15, 0.2) is 46.0 Å². The first-order chi connectivity index (χ1) is 12.4. The van der Waals surface area contributed by atoms with Crippen LogP contribution in [0.3, 0.4) is 0 Å². The van der Waals surface area contributed by atoms with E-state index in [0.29, 0.717) is 17.2 Å². The summed E-state index contributed by atoms with van der Waals surface area (Å²) in [7, 11) is 0. The number of nitrogens with zero attached hydrogens (tertiary/aromatic N) is 1. The minimum atomic E-state index is -0.376. The third-order valence-corrected chi connectivity index (χ3v) is 4.58. The Balaban J connectivity index is 1.86. The Hall–Kier alpha value is -2.34. The molecule has 5 nitrogen and oxygen atoms in total. The second-order valence-electron chi connectivity index (χ2n) is 6.12. The Labute approximate surface area is 162 Å². The summed E-state index contributed by atoms with van der Waals surface area (Å²) < 4.78 is 6.28. The maximum absolute atomic E-state index is 11.8. The van der Waals surface area contributed by atoms with Crippen LogP contribution in [0.2, 0.25) is 0 Å². The molecular formula is C20H23BrN2O3. The van der Waals surface area contributed by atoms with Gasteiger partial charge in [-0.2, -0.15) is 5.10 Å². The summed E-state index contributed by atoms with van der Waals surface area (Å²) in [6.45, 7) is 5.97. The molecule has 0 radical (unpaired) electrons. The van der Waals surface area contributed by atoms with Crippen LogP contribution in [0.5, 0.6) is 11.5 Å². The number of aromatic hydroxyl groups is 1. The number of nitrogens with one attached hydrogen (secondary N) is 1. The molecule has 0 heterocycles. The van der Waals surface area contributed by atoms with Gasteiger partial charge >= 0.3 is 0 Å². The molecule has 0 aliphatic carbocycles. The highest BCUT2D eigenvalue weighted by Crippen LogP contribution is 2.25. The number of halogens is 1. The molecular weight excluding hydrogens is 396 g/mol. The van der Waals surface area contributed by atoms with Crippen molar-refractivity contribution in [3.8, 4) is 11.5 Å². The molecule has 0 aliphatic rings. The Morgan fingerprint density at radius 3 is 2.69 bits per heavy atom. The lowest BCUT2D eigenvalue weighted by Gasteiger charge is -2.10. The van der Waals surface area contributed by atoms with Crippen molar-refractivity contribution >= 4 is 28.1 Å². The van der Waals surface area contributed by atoms with Crippen molar-refractivity contribution in [2.24, 2.45) is 5.10 Å². The fraction of sp³-hybridized carbons (Fsp3) is 0.300. The number of hydrogen-bond acceptors (Lipinski definition) is 4. The fourth-order valence-corrected chi connectivity index (χ4v) is 2.93. The van der Waals surface area contributed by atoms with Gasteiger partial charge in [0.25, 0.3) is 5.91 Å². The molecule has 26 heavy (non-hydrogen) atoms. The van der Waals surface area contributed by atoms with Gasteiger partial charge in [-0.15, -0.1) is 0 Å². The maximum Gasteiger partial charge on any atom is 0.277 e. The number of aryl methyl sites for hydroxylation is 1. The summed E-state index contributed by atoms with van der Waals surface area (Å²) >= 11 is 3.36. The number of amides is 1. The number of phenols is 1. The summed E-state index contributed by atoms with van der Waals surface area (Å²) in [4.78, 5) is 11.8. The quantitative estimate of drug-likeness (QED) is 0.513. The Morgan fingerprint density at radius 1 is 1.35 bits per heavy atom. The summed E-state index contributed by atoms with van der Waals surface area (Å²) in [5.41, 5.74) is 4.87. The van der Waals surface area contributed by atoms with Gasteiger partial charge in [-0.3, -0.25) is 4.79 Å². The monoisotopic (exact) mass is 418 g/mol. The number of carbonyl (C=O) groups excluding carboxylic acids is 1. The molecule has 2 N–H and O–H groups in total. The van der Waals surface area contributed by atoms with Crippen LogP contribution < -0.4 is 10.2 Å². The van der Waals surface area contributed by atoms with Crippen molar-refractivity contribution in [2.75, 3.05) is 6.61 Å². The first-order valence-corrected chi connectivity index (χ1v) is 9.23. The SMILES string of the molecule is CCC(C)c1ccc(OCC(=O)NN=Cc2cc(Br)cc(C)c2O)cc1. The maximum atomic E-state index is 11.8. The molecule has 0 saturated heterocycles. The molecule has 0 saturated carbocycles. The molecule has 1 amide bonds. The van der Waals surface area contributed by atoms with Gasteiger partial charge in [0.05, 0.1) is 6.21 Å². The molecule has 2 rings (SSSR count). The van der Waals surface area contributed by atoms with Gasteiger partial charge in [0, 0.05) is 10.0 Å². The molecule has 138 valence electrons. The number of phenolic OH excluding ortho intramolecular Hbond substituents is 1. The van der Waals surface area contributed by atoms with Gasteiger partial charge < -0.3 is 9.84 Å². The average Bonchev–Trinajstić information content (AvgIpc) is 2.63. The van der Waals surface area contributed by atoms with Crippen LogP contribution in [-0.2, 0) is 4.79 Å². The van der Waals surface area contributed by atoms with Gasteiger partial charge in [0.1, 0.15) is 11.5 Å². The summed E-state index contributed by atoms with van der Waals surface area (Å²) in [5.74, 6) is 0.888. The van der Waals surface area contributed by atoms with Crippen LogP contribution in [0.25, 0.3) is 0 Å². The second kappa shape index (κ2) is 9.38. The third kappa shape index (κ3) is 5.59. The minimum Gasteiger partial charge on any atom is -0.507 e. The highest BCUT2D eigenvalue weighted by molar-refractivity contribution is 9.10. The normalized spacial score (nSPS) is 12.2. The number of benzene rings is 2. The molecule has 1 atom stereocenters. The molecule has 2 aromatic carbocycles. The molecule has 0 spiro atoms. The first-order valence-electron chi connectivity index (χ1n) is 8.44. The lowest BCUT2D eigenvalue weighted by molar-refractivity contribution is -0.123. The summed E-state index contributed by atoms with van der Waals surface area (Å²) in [6.07, 6.45) is 2.47. The van der Waals surface area contributed by atoms with Crippen molar-refractivity contribution in [1.29, 1.82) is 0 Å². The molecule has 1 unspecified atom stereocenters. The zero-order valence-electron chi connectivity index (χ0n) is 15.1. The predicted octanol–water partition coefficient (Wildman–Crippen LogP) is 4.51. The van der Waals surface area contributed by atoms with Crippen LogP contribution in [0, 0.1) is 6.92 Å². The number of carbonyl (C=O) groups is 1. The zero-order valence-corrected chi connectivity index (χ0v) is 16.7. The number of hydrogen-bond donors (Lipinski definition) is 2. The van der Waals surface area contributed by atoms with Crippen LogP contribution >= 0.6 is 15.9 Å². The van der Waals surface area contributed by atoms with E-state index in [1.807, 2.05) is 24.3 Å². The molecule has 0 bridgehead atoms. The van der Waals surface area contributed by atoms with Gasteiger partial charge in [0.2, 0.25) is 0 Å². The predicted molar refractivity (Wildman–Crippen MR) is 107 cm³/mol. The summed E-state index contributed by atoms with van der Waals surface area (Å²) in [5, 5.41) is 13.8. The molecule has 0 aliphatic heterocycles. The van der Waals surface area contributed by atoms with Crippen LogP contribution in [0.4, 0.5) is 0 Å². The number of ether oxygens (including phenoxy) is 1. The smallest absolute Gasteiger partial charge is 0.277 e. The van der Waals surface area contributed by atoms with E-state index in [2.05, 4.69) is 40.3 Å². The van der Waals surface area contributed by atoms with E-state index in [-0.39, 0.29) is 18.3 Å². The molecule has 0 fully saturated rings. The van der Waals surface area contributed by atoms with Gasteiger partial charge in [-0.25, -0.2) is 5.43 Å². The van der Waals surface area contributed by atoms with Crippen LogP contribution in [0.1, 0.15) is 42.9 Å². The fourth-order valence-electron chi connectivity index (χ4n) is 2.34. The summed E-state index contributed by atoms with van der Waals surface area (Å²) in [6, 6.07) is 11.3. The average molecular weight is 419 g/mol. The van der Waals surface area contributed by atoms with Crippen molar-refractivity contribution < 1.29 is 14.6 Å². The highest BCUT2D eigenvalue weighted by atomic mass is 79.9. The van der Waals surface area contributed by atoms with Crippen molar-refractivity contribution in [1.82, 2.24) is 5.43 Å². The first kappa shape index (κ1) is 20.0. The Morgan fingerprint density at radius 2 is 2.04 bits per heavy atom. The van der Waals surface area contributed by atoms with E-state index in [9.17, 15) is 9.90 Å². The number of rotatable bonds is 7. The standard InChI is InChI=1S/C20H23BrN2O3/c1-4-13(2)15-5-7-18(8-6-15)26-12-19(24)23-22-11-16-10-17(21)9-14(3)20(16)25/h5-11,13,25H,4,12H2,1-3H3,(H,23,24). The van der Waals surface area contributed by atoms with Crippen LogP contribution in [-0.4, -0.2) is 23.8 Å². The van der Waals surface area contributed by atoms with Crippen molar-refractivity contribution in [2.45, 2.75) is 33.1 Å². The van der Waals surface area contributed by atoms with E-state index in [0.717, 1.165) is 16.5 Å². The molecule has 0 aromatic heterocycles. The Kier molecular flexibility index (Phi) is 7.21. The molecule has 2 aromatic rings. The van der Waals surface area contributed by atoms with E-state index < -0.39 is 0 Å². The van der Waals surface area contributed by atoms with Crippen molar-refractivity contribution in [3.63, 3.8) is 0 Å². The van der Waals surface area contributed by atoms with Crippen molar-refractivity contribution in [3.05, 3.63) is 57.6 Å². The third-order valence-electron chi connectivity index (χ3n) is 4.12. The largest absolute Gasteiger partial charge is 0.507 e. The lowest BCUT2D eigenvalue weighted by Crippen LogP contribution is -2.24. The van der Waals surface area contributed by atoms with E-state index in [1.165, 1.54) is 11.8 Å².